The van der Waals surface area contributed by atoms with Gasteiger partial charge in [0.15, 0.2) is 11.6 Å². The van der Waals surface area contributed by atoms with E-state index in [1.54, 1.807) is 0 Å². The highest BCUT2D eigenvalue weighted by Crippen LogP contribution is 2.39. The van der Waals surface area contributed by atoms with Gasteiger partial charge in [-0.25, -0.2) is 14.4 Å². The van der Waals surface area contributed by atoms with Gasteiger partial charge < -0.3 is 20.1 Å². The van der Waals surface area contributed by atoms with Gasteiger partial charge in [0, 0.05) is 39.8 Å². The van der Waals surface area contributed by atoms with Gasteiger partial charge in [0.2, 0.25) is 0 Å². The van der Waals surface area contributed by atoms with Crippen molar-refractivity contribution in [2.24, 2.45) is 0 Å². The number of Topliss-reactive ketones (excluding diaryl/α,β-unsaturated/α-hetero) is 1. The van der Waals surface area contributed by atoms with E-state index in [2.05, 4.69) is 6.58 Å². The maximum atomic E-state index is 13.5. The monoisotopic (exact) mass is 452 g/mol. The first kappa shape index (κ1) is 23.6. The molecule has 3 N–H and O–H groups in total. The van der Waals surface area contributed by atoms with Crippen LogP contribution in [0.25, 0.3) is 0 Å². The molecule has 0 saturated heterocycles. The number of hydrogen-bond donors (Lipinski definition) is 3. The molecule has 0 aliphatic heterocycles. The molecule has 2 aromatic rings. The van der Waals surface area contributed by atoms with Crippen LogP contribution >= 0.6 is 0 Å². The molecule has 0 heterocycles. The number of benzene rings is 2. The lowest BCUT2D eigenvalue weighted by Gasteiger charge is -2.25. The summed E-state index contributed by atoms with van der Waals surface area (Å²) in [6.07, 6.45) is -3.69. The summed E-state index contributed by atoms with van der Waals surface area (Å²) < 4.78 is 5.31. The number of carbonyl (C=O) groups excluding carboxylic acids is 3. The second kappa shape index (κ2) is 8.79. The van der Waals surface area contributed by atoms with Gasteiger partial charge in [-0.05, 0) is 19.9 Å². The molecule has 2 aromatic carbocycles. The summed E-state index contributed by atoms with van der Waals surface area (Å²) in [4.78, 5) is 62.5. The molecule has 3 rings (SSSR count). The van der Waals surface area contributed by atoms with E-state index in [1.807, 2.05) is 0 Å². The Bertz CT molecular complexity index is 1240. The Morgan fingerprint density at radius 3 is 2.21 bits per heavy atom. The lowest BCUT2D eigenvalue weighted by Crippen LogP contribution is -2.23. The topological polar surface area (TPSA) is 155 Å². The third kappa shape index (κ3) is 4.18. The maximum absolute atomic E-state index is 13.5. The molecule has 2 unspecified atom stereocenters. The molecule has 33 heavy (non-hydrogen) atoms. The molecule has 2 atom stereocenters. The summed E-state index contributed by atoms with van der Waals surface area (Å²) in [5, 5.41) is 30.4. The number of esters is 1. The zero-order valence-corrected chi connectivity index (χ0v) is 17.7. The van der Waals surface area contributed by atoms with E-state index in [0.29, 0.717) is 0 Å². The van der Waals surface area contributed by atoms with Crippen LogP contribution in [0, 0.1) is 0 Å². The highest BCUT2D eigenvalue weighted by Gasteiger charge is 2.37. The molecule has 1 aliphatic rings. The summed E-state index contributed by atoms with van der Waals surface area (Å²) in [5.41, 5.74) is -2.51. The molecule has 170 valence electrons. The Morgan fingerprint density at radius 1 is 1.06 bits per heavy atom. The van der Waals surface area contributed by atoms with Crippen LogP contribution in [0.15, 0.2) is 42.5 Å². The quantitative estimate of drug-likeness (QED) is 0.458. The second-order valence-electron chi connectivity index (χ2n) is 7.63. The van der Waals surface area contributed by atoms with E-state index < -0.39 is 64.8 Å². The van der Waals surface area contributed by atoms with Gasteiger partial charge in [-0.15, -0.1) is 0 Å². The van der Waals surface area contributed by atoms with Crippen LogP contribution in [-0.4, -0.2) is 44.8 Å². The Labute approximate surface area is 187 Å². The van der Waals surface area contributed by atoms with Gasteiger partial charge in [0.05, 0.1) is 17.2 Å². The lowest BCUT2D eigenvalue weighted by atomic mass is 9.83. The fourth-order valence-electron chi connectivity index (χ4n) is 3.87. The zero-order valence-electron chi connectivity index (χ0n) is 17.7. The van der Waals surface area contributed by atoms with Crippen molar-refractivity contribution in [3.63, 3.8) is 0 Å². The Hall–Kier alpha value is -4.11. The number of aromatic carboxylic acids is 2. The second-order valence-corrected chi connectivity index (χ2v) is 7.63. The van der Waals surface area contributed by atoms with Crippen LogP contribution in [-0.2, 0) is 9.53 Å². The number of hydrogen-bond acceptors (Lipinski definition) is 7. The van der Waals surface area contributed by atoms with E-state index in [-0.39, 0.29) is 27.8 Å². The molecule has 1 aliphatic carbocycles. The molecule has 9 nitrogen and oxygen atoms in total. The predicted molar refractivity (Wildman–Crippen MR) is 113 cm³/mol. The number of ketones is 2. The third-order valence-electron chi connectivity index (χ3n) is 5.32. The Morgan fingerprint density at radius 2 is 1.67 bits per heavy atom. The van der Waals surface area contributed by atoms with Crippen LogP contribution < -0.4 is 0 Å². The van der Waals surface area contributed by atoms with Gasteiger partial charge in [-0.2, -0.15) is 0 Å². The molecule has 2 bridgehead atoms. The Kier molecular flexibility index (Phi) is 6.28. The highest BCUT2D eigenvalue weighted by molar-refractivity contribution is 6.18. The number of carboxylic acids is 2. The number of fused-ring (bicyclic) bond motifs is 3. The van der Waals surface area contributed by atoms with Crippen molar-refractivity contribution in [2.45, 2.75) is 32.5 Å². The number of aliphatic hydroxyl groups excluding tert-OH is 1. The van der Waals surface area contributed by atoms with Crippen molar-refractivity contribution < 1.29 is 44.0 Å². The first-order chi connectivity index (χ1) is 15.5. The average molecular weight is 452 g/mol. The number of carboxylic acid groups (broad SMARTS) is 2. The number of aliphatic hydroxyl groups is 1. The van der Waals surface area contributed by atoms with Crippen molar-refractivity contribution in [1.29, 1.82) is 0 Å². The van der Waals surface area contributed by atoms with E-state index in [4.69, 9.17) is 4.74 Å². The van der Waals surface area contributed by atoms with Crippen LogP contribution in [0.2, 0.25) is 0 Å². The van der Waals surface area contributed by atoms with E-state index in [0.717, 1.165) is 6.07 Å². The summed E-state index contributed by atoms with van der Waals surface area (Å²) in [5.74, 6) is -5.59. The third-order valence-corrected chi connectivity index (χ3v) is 5.32. The summed E-state index contributed by atoms with van der Waals surface area (Å²) in [6.45, 7) is 6.21. The van der Waals surface area contributed by atoms with Gasteiger partial charge in [-0.1, -0.05) is 30.8 Å². The van der Waals surface area contributed by atoms with Gasteiger partial charge in [-0.3, -0.25) is 9.59 Å². The van der Waals surface area contributed by atoms with Crippen LogP contribution in [0.3, 0.4) is 0 Å². The molecule has 0 spiro atoms. The molecule has 0 amide bonds. The molecule has 9 heteroatoms. The van der Waals surface area contributed by atoms with Crippen LogP contribution in [0.1, 0.15) is 90.6 Å². The van der Waals surface area contributed by atoms with Gasteiger partial charge in [0.25, 0.3) is 0 Å². The van der Waals surface area contributed by atoms with E-state index in [9.17, 15) is 39.3 Å². The molecule has 0 saturated carbocycles. The first-order valence-corrected chi connectivity index (χ1v) is 9.84. The van der Waals surface area contributed by atoms with Crippen molar-refractivity contribution >= 4 is 29.5 Å². The molecular formula is C24H20O9. The van der Waals surface area contributed by atoms with Crippen molar-refractivity contribution in [3.8, 4) is 0 Å². The largest absolute Gasteiger partial charge is 0.478 e. The zero-order chi connectivity index (χ0) is 24.6. The van der Waals surface area contributed by atoms with Crippen molar-refractivity contribution in [2.75, 3.05) is 0 Å². The number of carbonyl (C=O) groups is 5. The minimum absolute atomic E-state index is 0.00437. The molecule has 0 aromatic heterocycles. The SMILES string of the molecule is C=C(C)C(=O)OC(C)c1c2cc(C(=O)O)c(C(=O)O)c1C(O)CC(=O)c1ccccc1C2=O. The van der Waals surface area contributed by atoms with Crippen LogP contribution in [0.5, 0.6) is 0 Å². The van der Waals surface area contributed by atoms with Crippen molar-refractivity contribution in [3.05, 3.63) is 81.4 Å². The van der Waals surface area contributed by atoms with Crippen molar-refractivity contribution in [1.82, 2.24) is 0 Å². The molecule has 0 radical (unpaired) electrons. The maximum Gasteiger partial charge on any atom is 0.336 e. The normalized spacial score (nSPS) is 16.0. The van der Waals surface area contributed by atoms with Gasteiger partial charge in [0.1, 0.15) is 6.10 Å². The summed E-state index contributed by atoms with van der Waals surface area (Å²) in [6, 6.07) is 6.65. The molecule has 0 fully saturated rings. The smallest absolute Gasteiger partial charge is 0.336 e. The summed E-state index contributed by atoms with van der Waals surface area (Å²) >= 11 is 0. The van der Waals surface area contributed by atoms with E-state index in [1.165, 1.54) is 38.1 Å². The predicted octanol–water partition coefficient (Wildman–Crippen LogP) is 3.11. The fraction of sp³-hybridized carbons (Fsp3) is 0.208. The molecular weight excluding hydrogens is 432 g/mol. The minimum atomic E-state index is -1.79. The van der Waals surface area contributed by atoms with E-state index >= 15 is 0 Å². The number of rotatable bonds is 5. The standard InChI is InChI=1S/C24H20O9/c1-10(2)24(32)33-11(3)18-14-8-15(22(28)29)19(23(30)31)20(18)17(26)9-16(25)12-6-4-5-7-13(12)21(14)27/h4-8,11,17,26H,1,9H2,2-3H3,(H,28,29)(H,30,31). The number of ether oxygens (including phenoxy) is 1. The fourth-order valence-corrected chi connectivity index (χ4v) is 3.87. The van der Waals surface area contributed by atoms with Gasteiger partial charge >= 0.3 is 17.9 Å². The Balaban J connectivity index is 2.47. The first-order valence-electron chi connectivity index (χ1n) is 9.84. The van der Waals surface area contributed by atoms with Crippen LogP contribution in [0.4, 0.5) is 0 Å². The lowest BCUT2D eigenvalue weighted by molar-refractivity contribution is -0.143. The summed E-state index contributed by atoms with van der Waals surface area (Å²) in [7, 11) is 0. The highest BCUT2D eigenvalue weighted by atomic mass is 16.5. The average Bonchev–Trinajstić information content (AvgIpc) is 2.77. The minimum Gasteiger partial charge on any atom is -0.478 e.